The van der Waals surface area contributed by atoms with Crippen molar-refractivity contribution in [2.75, 3.05) is 11.9 Å². The Morgan fingerprint density at radius 3 is 2.13 bits per heavy atom. The van der Waals surface area contributed by atoms with Gasteiger partial charge in [-0.25, -0.2) is 0 Å². The molecule has 1 N–H and O–H groups in total. The van der Waals surface area contributed by atoms with Crippen LogP contribution in [0.4, 0.5) is 5.69 Å². The third-order valence-electron chi connectivity index (χ3n) is 2.55. The molecule has 0 bridgehead atoms. The number of hydrogen-bond acceptors (Lipinski definition) is 3. The van der Waals surface area contributed by atoms with E-state index in [1.165, 1.54) is 0 Å². The van der Waals surface area contributed by atoms with Gasteiger partial charge >= 0.3 is 0 Å². The highest BCUT2D eigenvalue weighted by atomic mass is 16.2. The summed E-state index contributed by atoms with van der Waals surface area (Å²) in [6, 6.07) is 0. The van der Waals surface area contributed by atoms with Crippen LogP contribution in [-0.2, 0) is 0 Å². The molecule has 3 heteroatoms. The van der Waals surface area contributed by atoms with Crippen LogP contribution in [0.5, 0.6) is 0 Å². The molecule has 0 amide bonds. The summed E-state index contributed by atoms with van der Waals surface area (Å²) in [5.74, 6) is 0.739. The van der Waals surface area contributed by atoms with E-state index in [4.69, 9.17) is 0 Å². The lowest BCUT2D eigenvalue weighted by Crippen LogP contribution is -2.39. The van der Waals surface area contributed by atoms with Crippen molar-refractivity contribution in [2.24, 2.45) is 5.92 Å². The third kappa shape index (κ3) is 2.46. The molecule has 0 heterocycles. The molecule has 0 spiro atoms. The highest BCUT2D eigenvalue weighted by Gasteiger charge is 2.22. The van der Waals surface area contributed by atoms with Crippen LogP contribution >= 0.6 is 0 Å². The van der Waals surface area contributed by atoms with E-state index >= 15 is 0 Å². The highest BCUT2D eigenvalue weighted by Crippen LogP contribution is 2.18. The molecule has 0 aliphatic heterocycles. The molecule has 0 unspecified atom stereocenters. The van der Waals surface area contributed by atoms with Gasteiger partial charge in [0.15, 0.2) is 0 Å². The molecule has 0 saturated carbocycles. The van der Waals surface area contributed by atoms with E-state index in [1.54, 1.807) is 0 Å². The van der Waals surface area contributed by atoms with Crippen LogP contribution < -0.4 is 16.2 Å². The zero-order chi connectivity index (χ0) is 11.6. The van der Waals surface area contributed by atoms with Crippen LogP contribution in [0.3, 0.4) is 0 Å². The zero-order valence-electron chi connectivity index (χ0n) is 9.89. The fourth-order valence-corrected chi connectivity index (χ4v) is 1.62. The number of nitrogens with one attached hydrogen (secondary N) is 1. The van der Waals surface area contributed by atoms with E-state index in [9.17, 15) is 9.59 Å². The molecular weight excluding hydrogens is 190 g/mol. The topological polar surface area (TPSA) is 46.2 Å². The molecule has 1 aromatic rings. The van der Waals surface area contributed by atoms with Crippen molar-refractivity contribution in [1.82, 2.24) is 0 Å². The van der Waals surface area contributed by atoms with Crippen LogP contribution in [-0.4, -0.2) is 6.54 Å². The average Bonchev–Trinajstić information content (AvgIpc) is 2.14. The molecular formula is C12H19NO2. The van der Waals surface area contributed by atoms with E-state index in [0.29, 0.717) is 17.2 Å². The SMILES string of the molecule is CC(C)CCNc1c(C(C)C)c(=O)c1=O. The van der Waals surface area contributed by atoms with Gasteiger partial charge in [-0.1, -0.05) is 27.7 Å². The summed E-state index contributed by atoms with van der Waals surface area (Å²) in [6.45, 7) is 8.90. The summed E-state index contributed by atoms with van der Waals surface area (Å²) in [5.41, 5.74) is 0.568. The molecule has 1 aromatic carbocycles. The van der Waals surface area contributed by atoms with Gasteiger partial charge in [-0.05, 0) is 18.3 Å². The summed E-state index contributed by atoms with van der Waals surface area (Å²) >= 11 is 0. The van der Waals surface area contributed by atoms with Crippen molar-refractivity contribution >= 4 is 5.69 Å². The van der Waals surface area contributed by atoms with Crippen LogP contribution in [0, 0.1) is 5.92 Å². The van der Waals surface area contributed by atoms with Crippen LogP contribution in [0.2, 0.25) is 0 Å². The fraction of sp³-hybridized carbons (Fsp3) is 0.667. The van der Waals surface area contributed by atoms with Gasteiger partial charge in [-0.2, -0.15) is 0 Å². The lowest BCUT2D eigenvalue weighted by molar-refractivity contribution is 0.606. The molecule has 0 radical (unpaired) electrons. The maximum absolute atomic E-state index is 11.3. The Morgan fingerprint density at radius 1 is 1.07 bits per heavy atom. The predicted molar refractivity (Wildman–Crippen MR) is 63.4 cm³/mol. The van der Waals surface area contributed by atoms with Crippen molar-refractivity contribution in [3.05, 3.63) is 26.0 Å². The van der Waals surface area contributed by atoms with E-state index in [0.717, 1.165) is 13.0 Å². The largest absolute Gasteiger partial charge is 0.381 e. The Morgan fingerprint density at radius 2 is 1.67 bits per heavy atom. The molecule has 84 valence electrons. The summed E-state index contributed by atoms with van der Waals surface area (Å²) in [6.07, 6.45) is 1.01. The van der Waals surface area contributed by atoms with E-state index in [-0.39, 0.29) is 16.8 Å². The molecule has 0 fully saturated rings. The second-order valence-electron chi connectivity index (χ2n) is 4.71. The monoisotopic (exact) mass is 209 g/mol. The lowest BCUT2D eigenvalue weighted by atomic mass is 9.96. The zero-order valence-corrected chi connectivity index (χ0v) is 9.89. The molecule has 0 aliphatic rings. The quantitative estimate of drug-likeness (QED) is 0.753. The Kier molecular flexibility index (Phi) is 3.66. The van der Waals surface area contributed by atoms with Crippen molar-refractivity contribution in [1.29, 1.82) is 0 Å². The second-order valence-corrected chi connectivity index (χ2v) is 4.71. The Bertz CT molecular complexity index is 398. The predicted octanol–water partition coefficient (Wildman–Crippen LogP) is 1.86. The molecule has 0 aliphatic carbocycles. The first-order valence-electron chi connectivity index (χ1n) is 5.52. The third-order valence-corrected chi connectivity index (χ3v) is 2.55. The fourth-order valence-electron chi connectivity index (χ4n) is 1.62. The maximum Gasteiger partial charge on any atom is 0.249 e. The van der Waals surface area contributed by atoms with Crippen LogP contribution in [0.25, 0.3) is 0 Å². The molecule has 1 rings (SSSR count). The van der Waals surface area contributed by atoms with E-state index < -0.39 is 0 Å². The lowest BCUT2D eigenvalue weighted by Gasteiger charge is -2.16. The van der Waals surface area contributed by atoms with Crippen molar-refractivity contribution < 1.29 is 0 Å². The number of anilines is 1. The molecule has 15 heavy (non-hydrogen) atoms. The Balaban J connectivity index is 2.66. The first-order chi connectivity index (χ1) is 6.95. The van der Waals surface area contributed by atoms with Gasteiger partial charge in [-0.3, -0.25) is 9.59 Å². The van der Waals surface area contributed by atoms with Gasteiger partial charge in [0.05, 0.1) is 5.69 Å². The number of rotatable bonds is 5. The minimum Gasteiger partial charge on any atom is -0.381 e. The van der Waals surface area contributed by atoms with Crippen LogP contribution in [0.1, 0.15) is 45.6 Å². The smallest absolute Gasteiger partial charge is 0.249 e. The van der Waals surface area contributed by atoms with Crippen molar-refractivity contribution in [3.63, 3.8) is 0 Å². The van der Waals surface area contributed by atoms with Gasteiger partial charge in [0.2, 0.25) is 10.9 Å². The van der Waals surface area contributed by atoms with Crippen molar-refractivity contribution in [3.8, 4) is 0 Å². The van der Waals surface area contributed by atoms with Gasteiger partial charge in [-0.15, -0.1) is 0 Å². The standard InChI is InChI=1S/C12H19NO2/c1-7(2)5-6-13-10-9(8(3)4)11(14)12(10)15/h7-8,13H,5-6H2,1-4H3. The van der Waals surface area contributed by atoms with Crippen molar-refractivity contribution in [2.45, 2.75) is 40.0 Å². The molecule has 0 saturated heterocycles. The minimum atomic E-state index is -0.345. The molecule has 3 nitrogen and oxygen atoms in total. The van der Waals surface area contributed by atoms with Gasteiger partial charge in [0.25, 0.3) is 0 Å². The molecule has 0 aromatic heterocycles. The Hall–Kier alpha value is -1.12. The first kappa shape index (κ1) is 12.0. The maximum atomic E-state index is 11.3. The summed E-state index contributed by atoms with van der Waals surface area (Å²) in [5, 5.41) is 3.07. The van der Waals surface area contributed by atoms with Gasteiger partial charge in [0, 0.05) is 12.1 Å². The minimum absolute atomic E-state index is 0.136. The normalized spacial score (nSPS) is 11.6. The highest BCUT2D eigenvalue weighted by molar-refractivity contribution is 5.57. The summed E-state index contributed by atoms with van der Waals surface area (Å²) < 4.78 is 0. The summed E-state index contributed by atoms with van der Waals surface area (Å²) in [4.78, 5) is 22.5. The van der Waals surface area contributed by atoms with Gasteiger partial charge < -0.3 is 5.32 Å². The van der Waals surface area contributed by atoms with E-state index in [2.05, 4.69) is 19.2 Å². The average molecular weight is 209 g/mol. The van der Waals surface area contributed by atoms with Gasteiger partial charge in [0.1, 0.15) is 0 Å². The van der Waals surface area contributed by atoms with Crippen LogP contribution in [0.15, 0.2) is 9.59 Å². The van der Waals surface area contributed by atoms with E-state index in [1.807, 2.05) is 13.8 Å². The molecule has 0 atom stereocenters. The Labute approximate surface area is 90.2 Å². The summed E-state index contributed by atoms with van der Waals surface area (Å²) in [7, 11) is 0. The number of hydrogen-bond donors (Lipinski definition) is 1. The first-order valence-corrected chi connectivity index (χ1v) is 5.52. The second kappa shape index (κ2) is 4.60.